The van der Waals surface area contributed by atoms with Gasteiger partial charge in [-0.3, -0.25) is 0 Å². The molecule has 116 valence electrons. The highest BCUT2D eigenvalue weighted by Gasteiger charge is 2.33. The van der Waals surface area contributed by atoms with Gasteiger partial charge < -0.3 is 14.6 Å². The molecule has 1 atom stereocenters. The number of esters is 1. The average molecular weight is 315 g/mol. The zero-order valence-electron chi connectivity index (χ0n) is 11.5. The van der Waals surface area contributed by atoms with Gasteiger partial charge in [0.1, 0.15) is 5.60 Å². The Kier molecular flexibility index (Phi) is 4.62. The van der Waals surface area contributed by atoms with Crippen molar-refractivity contribution in [2.75, 3.05) is 26.9 Å². The molecule has 1 unspecified atom stereocenters. The largest absolute Gasteiger partial charge is 0.465 e. The van der Waals surface area contributed by atoms with Gasteiger partial charge in [-0.1, -0.05) is 0 Å². The molecule has 1 fully saturated rings. The molecule has 0 saturated carbocycles. The fourth-order valence-corrected chi connectivity index (χ4v) is 3.06. The van der Waals surface area contributed by atoms with Gasteiger partial charge in [0.15, 0.2) is 0 Å². The standard InChI is InChI=1S/C13H17NO6S/c1-19-12(15)10-2-4-11(5-3-10)21(17,18)14-8-13(16)6-7-20-9-13/h2-5,14,16H,6-9H2,1H3. The zero-order valence-corrected chi connectivity index (χ0v) is 12.4. The van der Waals surface area contributed by atoms with Crippen LogP contribution in [0.1, 0.15) is 16.8 Å². The van der Waals surface area contributed by atoms with Crippen LogP contribution < -0.4 is 4.72 Å². The second-order valence-corrected chi connectivity index (χ2v) is 6.63. The molecule has 0 spiro atoms. The smallest absolute Gasteiger partial charge is 0.337 e. The third-order valence-electron chi connectivity index (χ3n) is 3.26. The predicted octanol–water partition coefficient (Wildman–Crippen LogP) is -0.0971. The van der Waals surface area contributed by atoms with E-state index in [1.165, 1.54) is 31.4 Å². The van der Waals surface area contributed by atoms with Crippen molar-refractivity contribution in [3.8, 4) is 0 Å². The average Bonchev–Trinajstić information content (AvgIpc) is 2.92. The molecule has 0 radical (unpaired) electrons. The normalized spacial score (nSPS) is 22.2. The minimum Gasteiger partial charge on any atom is -0.465 e. The van der Waals surface area contributed by atoms with Crippen molar-refractivity contribution in [1.82, 2.24) is 4.72 Å². The summed E-state index contributed by atoms with van der Waals surface area (Å²) >= 11 is 0. The van der Waals surface area contributed by atoms with E-state index in [9.17, 15) is 18.3 Å². The molecule has 2 N–H and O–H groups in total. The summed E-state index contributed by atoms with van der Waals surface area (Å²) in [6.45, 7) is 0.400. The number of nitrogens with one attached hydrogen (secondary N) is 1. The van der Waals surface area contributed by atoms with E-state index < -0.39 is 21.6 Å². The van der Waals surface area contributed by atoms with Crippen molar-refractivity contribution in [3.63, 3.8) is 0 Å². The summed E-state index contributed by atoms with van der Waals surface area (Å²) in [4.78, 5) is 11.3. The minimum atomic E-state index is -3.75. The van der Waals surface area contributed by atoms with Crippen molar-refractivity contribution >= 4 is 16.0 Å². The molecule has 0 amide bonds. The number of sulfonamides is 1. The lowest BCUT2D eigenvalue weighted by atomic mass is 10.1. The molecular weight excluding hydrogens is 298 g/mol. The Balaban J connectivity index is 2.07. The summed E-state index contributed by atoms with van der Waals surface area (Å²) in [5.74, 6) is -0.538. The maximum Gasteiger partial charge on any atom is 0.337 e. The van der Waals surface area contributed by atoms with Gasteiger partial charge >= 0.3 is 5.97 Å². The topological polar surface area (TPSA) is 102 Å². The van der Waals surface area contributed by atoms with Gasteiger partial charge in [0, 0.05) is 19.6 Å². The van der Waals surface area contributed by atoms with Crippen molar-refractivity contribution < 1.29 is 27.8 Å². The van der Waals surface area contributed by atoms with Crippen LogP contribution in [0.25, 0.3) is 0 Å². The van der Waals surface area contributed by atoms with E-state index in [0.717, 1.165) is 0 Å². The summed E-state index contributed by atoms with van der Waals surface area (Å²) in [5, 5.41) is 10.0. The van der Waals surface area contributed by atoms with Gasteiger partial charge in [0.2, 0.25) is 10.0 Å². The quantitative estimate of drug-likeness (QED) is 0.736. The van der Waals surface area contributed by atoms with E-state index in [1.54, 1.807) is 0 Å². The molecule has 0 aliphatic carbocycles. The van der Waals surface area contributed by atoms with Gasteiger partial charge in [-0.15, -0.1) is 0 Å². The maximum absolute atomic E-state index is 12.1. The SMILES string of the molecule is COC(=O)c1ccc(S(=O)(=O)NCC2(O)CCOC2)cc1. The first-order chi connectivity index (χ1) is 9.86. The van der Waals surface area contributed by atoms with E-state index in [1.807, 2.05) is 0 Å². The highest BCUT2D eigenvalue weighted by atomic mass is 32.2. The zero-order chi connectivity index (χ0) is 15.5. The second-order valence-electron chi connectivity index (χ2n) is 4.87. The van der Waals surface area contributed by atoms with Crippen LogP contribution >= 0.6 is 0 Å². The summed E-state index contributed by atoms with van der Waals surface area (Å²) in [5.41, 5.74) is -0.904. The van der Waals surface area contributed by atoms with Gasteiger partial charge in [-0.25, -0.2) is 17.9 Å². The molecule has 2 rings (SSSR count). The van der Waals surface area contributed by atoms with Crippen LogP contribution in [0.5, 0.6) is 0 Å². The number of carbonyl (C=O) groups is 1. The molecule has 1 aromatic carbocycles. The monoisotopic (exact) mass is 315 g/mol. The Morgan fingerprint density at radius 3 is 2.62 bits per heavy atom. The number of ether oxygens (including phenoxy) is 2. The van der Waals surface area contributed by atoms with Crippen LogP contribution in [0, 0.1) is 0 Å². The molecular formula is C13H17NO6S. The lowest BCUT2D eigenvalue weighted by Crippen LogP contribution is -2.43. The van der Waals surface area contributed by atoms with Crippen LogP contribution in [0.3, 0.4) is 0 Å². The van der Waals surface area contributed by atoms with Crippen molar-refractivity contribution in [2.24, 2.45) is 0 Å². The van der Waals surface area contributed by atoms with E-state index in [2.05, 4.69) is 9.46 Å². The number of benzene rings is 1. The van der Waals surface area contributed by atoms with E-state index in [0.29, 0.717) is 13.0 Å². The first-order valence-corrected chi connectivity index (χ1v) is 7.83. The van der Waals surface area contributed by atoms with Crippen LogP contribution in [0.4, 0.5) is 0 Å². The summed E-state index contributed by atoms with van der Waals surface area (Å²) in [6.07, 6.45) is 0.386. The van der Waals surface area contributed by atoms with Crippen LogP contribution in [0.2, 0.25) is 0 Å². The van der Waals surface area contributed by atoms with Crippen molar-refractivity contribution in [3.05, 3.63) is 29.8 Å². The fourth-order valence-electron chi connectivity index (χ4n) is 1.94. The summed E-state index contributed by atoms with van der Waals surface area (Å²) in [7, 11) is -2.50. The molecule has 1 aromatic rings. The molecule has 1 saturated heterocycles. The lowest BCUT2D eigenvalue weighted by Gasteiger charge is -2.20. The number of aliphatic hydroxyl groups is 1. The number of rotatable bonds is 5. The van der Waals surface area contributed by atoms with Crippen LogP contribution in [0.15, 0.2) is 29.2 Å². The molecule has 1 aliphatic rings. The highest BCUT2D eigenvalue weighted by molar-refractivity contribution is 7.89. The van der Waals surface area contributed by atoms with Gasteiger partial charge in [-0.2, -0.15) is 0 Å². The Morgan fingerprint density at radius 2 is 2.10 bits per heavy atom. The molecule has 21 heavy (non-hydrogen) atoms. The van der Waals surface area contributed by atoms with Gasteiger partial charge in [0.25, 0.3) is 0 Å². The van der Waals surface area contributed by atoms with Crippen LogP contribution in [-0.2, 0) is 19.5 Å². The van der Waals surface area contributed by atoms with Gasteiger partial charge in [0.05, 0.1) is 24.2 Å². The summed E-state index contributed by atoms with van der Waals surface area (Å²) in [6, 6.07) is 5.36. The van der Waals surface area contributed by atoms with E-state index in [-0.39, 0.29) is 23.6 Å². The third kappa shape index (κ3) is 3.79. The molecule has 1 aliphatic heterocycles. The number of methoxy groups -OCH3 is 1. The number of carbonyl (C=O) groups excluding carboxylic acids is 1. The Bertz CT molecular complexity index is 604. The van der Waals surface area contributed by atoms with Crippen molar-refractivity contribution in [2.45, 2.75) is 16.9 Å². The predicted molar refractivity (Wildman–Crippen MR) is 73.4 cm³/mol. The highest BCUT2D eigenvalue weighted by Crippen LogP contribution is 2.18. The van der Waals surface area contributed by atoms with Crippen LogP contribution in [-0.4, -0.2) is 52.0 Å². The Morgan fingerprint density at radius 1 is 1.43 bits per heavy atom. The number of hydrogen-bond acceptors (Lipinski definition) is 6. The Labute approximate surface area is 122 Å². The number of hydrogen-bond donors (Lipinski definition) is 2. The molecule has 1 heterocycles. The fraction of sp³-hybridized carbons (Fsp3) is 0.462. The molecule has 0 aromatic heterocycles. The summed E-state index contributed by atoms with van der Waals surface area (Å²) < 4.78 is 36.1. The van der Waals surface area contributed by atoms with E-state index in [4.69, 9.17) is 4.74 Å². The molecule has 0 bridgehead atoms. The maximum atomic E-state index is 12.1. The third-order valence-corrected chi connectivity index (χ3v) is 4.68. The van der Waals surface area contributed by atoms with E-state index >= 15 is 0 Å². The lowest BCUT2D eigenvalue weighted by molar-refractivity contribution is 0.0314. The second kappa shape index (κ2) is 6.10. The van der Waals surface area contributed by atoms with Crippen molar-refractivity contribution in [1.29, 1.82) is 0 Å². The molecule has 7 nitrogen and oxygen atoms in total. The first kappa shape index (κ1) is 15.9. The molecule has 8 heteroatoms. The van der Waals surface area contributed by atoms with Gasteiger partial charge in [-0.05, 0) is 24.3 Å². The minimum absolute atomic E-state index is 0.0117. The first-order valence-electron chi connectivity index (χ1n) is 6.34. The Hall–Kier alpha value is -1.48.